The highest BCUT2D eigenvalue weighted by Gasteiger charge is 2.18. The largest absolute Gasteiger partial charge is 0.382 e. The van der Waals surface area contributed by atoms with Gasteiger partial charge in [-0.25, -0.2) is 9.67 Å². The first-order valence-corrected chi connectivity index (χ1v) is 5.71. The summed E-state index contributed by atoms with van der Waals surface area (Å²) in [4.78, 5) is 16.5. The van der Waals surface area contributed by atoms with Crippen LogP contribution in [-0.2, 0) is 5.54 Å². The van der Waals surface area contributed by atoms with Crippen LogP contribution >= 0.6 is 0 Å². The minimum Gasteiger partial charge on any atom is -0.382 e. The Morgan fingerprint density at radius 1 is 1.33 bits per heavy atom. The fourth-order valence-electron chi connectivity index (χ4n) is 1.79. The Hall–Kier alpha value is -2.11. The molecule has 2 N–H and O–H groups in total. The number of nitrogens with zero attached hydrogens (tertiary/aromatic N) is 4. The number of anilines is 1. The first-order chi connectivity index (χ1) is 8.30. The van der Waals surface area contributed by atoms with Crippen LogP contribution in [0.3, 0.4) is 0 Å². The second-order valence-electron chi connectivity index (χ2n) is 5.22. The average molecular weight is 247 g/mol. The molecule has 0 saturated carbocycles. The predicted octanol–water partition coefficient (Wildman–Crippen LogP) is 1.07. The van der Waals surface area contributed by atoms with Crippen LogP contribution in [0.1, 0.15) is 26.5 Å². The topological polar surface area (TPSA) is 78.7 Å². The van der Waals surface area contributed by atoms with E-state index in [1.165, 1.54) is 4.68 Å². The van der Waals surface area contributed by atoms with Crippen LogP contribution in [0.25, 0.3) is 5.82 Å². The molecular weight excluding hydrogens is 230 g/mol. The standard InChI is InChI=1S/C12H17N5O/c1-8-7-9(13)15-17(8)10-11(18)16(6-5-14-10)12(2,3)4/h5-7H,1-4H3,(H2,13,15). The number of rotatable bonds is 1. The molecule has 0 aliphatic carbocycles. The molecule has 96 valence electrons. The van der Waals surface area contributed by atoms with E-state index in [0.29, 0.717) is 5.82 Å². The summed E-state index contributed by atoms with van der Waals surface area (Å²) in [5, 5.41) is 4.08. The molecule has 0 fully saturated rings. The van der Waals surface area contributed by atoms with E-state index in [0.717, 1.165) is 5.69 Å². The minimum absolute atomic E-state index is 0.184. The Morgan fingerprint density at radius 2 is 2.00 bits per heavy atom. The molecule has 2 aromatic rings. The lowest BCUT2D eigenvalue weighted by molar-refractivity contribution is 0.381. The molecule has 0 saturated heterocycles. The van der Waals surface area contributed by atoms with E-state index in [9.17, 15) is 4.79 Å². The third kappa shape index (κ3) is 2.01. The quantitative estimate of drug-likeness (QED) is 0.817. The number of nitrogens with two attached hydrogens (primary N) is 1. The summed E-state index contributed by atoms with van der Waals surface area (Å²) in [6.45, 7) is 7.71. The summed E-state index contributed by atoms with van der Waals surface area (Å²) in [7, 11) is 0. The van der Waals surface area contributed by atoms with E-state index in [-0.39, 0.29) is 16.9 Å². The van der Waals surface area contributed by atoms with Crippen molar-refractivity contribution in [1.29, 1.82) is 0 Å². The van der Waals surface area contributed by atoms with E-state index in [4.69, 9.17) is 5.73 Å². The maximum Gasteiger partial charge on any atom is 0.296 e. The lowest BCUT2D eigenvalue weighted by Gasteiger charge is -2.22. The zero-order chi connectivity index (χ0) is 13.5. The van der Waals surface area contributed by atoms with Crippen LogP contribution in [0.2, 0.25) is 0 Å². The number of aromatic nitrogens is 4. The van der Waals surface area contributed by atoms with Crippen molar-refractivity contribution in [1.82, 2.24) is 19.3 Å². The molecule has 2 rings (SSSR count). The monoisotopic (exact) mass is 247 g/mol. The van der Waals surface area contributed by atoms with Gasteiger partial charge in [-0.1, -0.05) is 0 Å². The molecule has 0 unspecified atom stereocenters. The predicted molar refractivity (Wildman–Crippen MR) is 69.8 cm³/mol. The van der Waals surface area contributed by atoms with Gasteiger partial charge in [-0.05, 0) is 27.7 Å². The first kappa shape index (κ1) is 12.3. The van der Waals surface area contributed by atoms with Crippen molar-refractivity contribution in [2.24, 2.45) is 0 Å². The van der Waals surface area contributed by atoms with Gasteiger partial charge in [0.2, 0.25) is 5.82 Å². The SMILES string of the molecule is Cc1cc(N)nn1-c1nccn(C(C)(C)C)c1=O. The fraction of sp³-hybridized carbons (Fsp3) is 0.417. The summed E-state index contributed by atoms with van der Waals surface area (Å²) in [6, 6.07) is 1.70. The summed E-state index contributed by atoms with van der Waals surface area (Å²) >= 11 is 0. The Labute approximate surface area is 105 Å². The molecule has 0 aliphatic heterocycles. The molecule has 0 radical (unpaired) electrons. The zero-order valence-corrected chi connectivity index (χ0v) is 11.0. The van der Waals surface area contributed by atoms with Crippen LogP contribution in [0.15, 0.2) is 23.3 Å². The third-order valence-electron chi connectivity index (χ3n) is 2.65. The second-order valence-corrected chi connectivity index (χ2v) is 5.22. The van der Waals surface area contributed by atoms with Gasteiger partial charge in [0.25, 0.3) is 5.56 Å². The maximum absolute atomic E-state index is 12.4. The number of aryl methyl sites for hydroxylation is 1. The number of hydrogen-bond donors (Lipinski definition) is 1. The van der Waals surface area contributed by atoms with Crippen LogP contribution in [0, 0.1) is 6.92 Å². The van der Waals surface area contributed by atoms with Crippen molar-refractivity contribution >= 4 is 5.82 Å². The highest BCUT2D eigenvalue weighted by atomic mass is 16.1. The zero-order valence-electron chi connectivity index (χ0n) is 11.0. The molecule has 2 heterocycles. The van der Waals surface area contributed by atoms with Crippen molar-refractivity contribution in [3.05, 3.63) is 34.5 Å². The van der Waals surface area contributed by atoms with Gasteiger partial charge in [0.1, 0.15) is 5.82 Å². The van der Waals surface area contributed by atoms with Gasteiger partial charge in [0.15, 0.2) is 0 Å². The molecule has 0 atom stereocenters. The van der Waals surface area contributed by atoms with Crippen LogP contribution in [-0.4, -0.2) is 19.3 Å². The Morgan fingerprint density at radius 3 is 2.50 bits per heavy atom. The minimum atomic E-state index is -0.304. The molecule has 18 heavy (non-hydrogen) atoms. The van der Waals surface area contributed by atoms with E-state index >= 15 is 0 Å². The highest BCUT2D eigenvalue weighted by Crippen LogP contribution is 2.12. The van der Waals surface area contributed by atoms with Gasteiger partial charge < -0.3 is 10.3 Å². The van der Waals surface area contributed by atoms with Crippen molar-refractivity contribution in [3.63, 3.8) is 0 Å². The number of nitrogen functional groups attached to an aromatic ring is 1. The summed E-state index contributed by atoms with van der Waals surface area (Å²) in [5.41, 5.74) is 5.92. The Kier molecular flexibility index (Phi) is 2.73. The summed E-state index contributed by atoms with van der Waals surface area (Å²) in [5.74, 6) is 0.640. The summed E-state index contributed by atoms with van der Waals surface area (Å²) in [6.07, 6.45) is 3.27. The van der Waals surface area contributed by atoms with Crippen molar-refractivity contribution in [2.75, 3.05) is 5.73 Å². The smallest absolute Gasteiger partial charge is 0.296 e. The second kappa shape index (κ2) is 3.97. The molecule has 0 spiro atoms. The Balaban J connectivity index is 2.68. The normalized spacial score (nSPS) is 11.8. The number of hydrogen-bond acceptors (Lipinski definition) is 4. The van der Waals surface area contributed by atoms with Crippen LogP contribution < -0.4 is 11.3 Å². The van der Waals surface area contributed by atoms with Gasteiger partial charge in [-0.2, -0.15) is 0 Å². The maximum atomic E-state index is 12.4. The van der Waals surface area contributed by atoms with E-state index < -0.39 is 0 Å². The molecule has 0 amide bonds. The molecule has 2 aromatic heterocycles. The molecule has 0 aromatic carbocycles. The van der Waals surface area contributed by atoms with Crippen molar-refractivity contribution < 1.29 is 0 Å². The third-order valence-corrected chi connectivity index (χ3v) is 2.65. The van der Waals surface area contributed by atoms with Gasteiger partial charge >= 0.3 is 0 Å². The van der Waals surface area contributed by atoms with Crippen LogP contribution in [0.4, 0.5) is 5.82 Å². The fourth-order valence-corrected chi connectivity index (χ4v) is 1.79. The molecule has 0 bridgehead atoms. The summed E-state index contributed by atoms with van der Waals surface area (Å²) < 4.78 is 3.10. The van der Waals surface area contributed by atoms with Crippen molar-refractivity contribution in [3.8, 4) is 5.82 Å². The van der Waals surface area contributed by atoms with Gasteiger partial charge in [0.05, 0.1) is 0 Å². The molecule has 6 nitrogen and oxygen atoms in total. The first-order valence-electron chi connectivity index (χ1n) is 5.71. The van der Waals surface area contributed by atoms with E-state index in [1.807, 2.05) is 27.7 Å². The lowest BCUT2D eigenvalue weighted by Crippen LogP contribution is -2.36. The Bertz CT molecular complexity index is 633. The average Bonchev–Trinajstić information content (AvgIpc) is 2.56. The highest BCUT2D eigenvalue weighted by molar-refractivity contribution is 5.33. The van der Waals surface area contributed by atoms with Gasteiger partial charge in [0, 0.05) is 29.7 Å². The molecule has 6 heteroatoms. The van der Waals surface area contributed by atoms with Gasteiger partial charge in [-0.15, -0.1) is 5.10 Å². The van der Waals surface area contributed by atoms with Gasteiger partial charge in [-0.3, -0.25) is 4.79 Å². The van der Waals surface area contributed by atoms with Crippen molar-refractivity contribution in [2.45, 2.75) is 33.2 Å². The lowest BCUT2D eigenvalue weighted by atomic mass is 10.1. The van der Waals surface area contributed by atoms with E-state index in [1.54, 1.807) is 23.0 Å². The van der Waals surface area contributed by atoms with Crippen LogP contribution in [0.5, 0.6) is 0 Å². The molecule has 0 aliphatic rings. The van der Waals surface area contributed by atoms with E-state index in [2.05, 4.69) is 10.1 Å². The molecular formula is C12H17N5O.